The average molecular weight is 628 g/mol. The summed E-state index contributed by atoms with van der Waals surface area (Å²) in [4.78, 5) is 0. The van der Waals surface area contributed by atoms with E-state index in [1.165, 1.54) is 116 Å². The van der Waals surface area contributed by atoms with Crippen molar-refractivity contribution >= 4 is 11.4 Å². The van der Waals surface area contributed by atoms with Crippen molar-refractivity contribution in [1.29, 1.82) is 0 Å². The van der Waals surface area contributed by atoms with E-state index in [-0.39, 0.29) is 16.5 Å². The van der Waals surface area contributed by atoms with Crippen molar-refractivity contribution in [2.45, 2.75) is 157 Å². The van der Waals surface area contributed by atoms with E-state index in [1.54, 1.807) is 4.70 Å². The monoisotopic (exact) mass is 626 g/mol. The first-order valence-corrected chi connectivity index (χ1v) is 17.7. The van der Waals surface area contributed by atoms with Gasteiger partial charge in [-0.25, -0.2) is 4.70 Å². The summed E-state index contributed by atoms with van der Waals surface area (Å²) >= 11 is 0. The molecule has 0 aliphatic carbocycles. The summed E-state index contributed by atoms with van der Waals surface area (Å²) in [6, 6.07) is 14.3. The summed E-state index contributed by atoms with van der Waals surface area (Å²) in [6.45, 7) is 11.4. The fraction of sp³-hybridized carbons (Fsp3) is 0.600. The van der Waals surface area contributed by atoms with Gasteiger partial charge >= 0.3 is 0 Å². The Balaban J connectivity index is 0.00000645. The molecular weight excluding hydrogens is 567 g/mol. The number of unbranched alkanes of at least 4 members (excludes halogenated alkanes) is 9. The van der Waals surface area contributed by atoms with Gasteiger partial charge in [-0.2, -0.15) is 0 Å². The zero-order valence-electron chi connectivity index (χ0n) is 28.2. The minimum atomic E-state index is 0. The molecule has 0 N–H and O–H groups in total. The number of hydrogen-bond acceptors (Lipinski definition) is 0. The molecule has 2 aromatic rings. The van der Waals surface area contributed by atoms with Gasteiger partial charge in [0, 0.05) is 39.3 Å². The van der Waals surface area contributed by atoms with Crippen molar-refractivity contribution in [3.05, 3.63) is 87.0 Å². The minimum Gasteiger partial charge on any atom is -0.493 e. The molecule has 0 atom stereocenters. The van der Waals surface area contributed by atoms with E-state index in [9.17, 15) is 5.53 Å². The summed E-state index contributed by atoms with van der Waals surface area (Å²) in [7, 11) is 0. The van der Waals surface area contributed by atoms with Crippen LogP contribution in [0.15, 0.2) is 48.0 Å². The third kappa shape index (κ3) is 11.8. The Morgan fingerprint density at radius 2 is 0.837 bits per heavy atom. The van der Waals surface area contributed by atoms with Gasteiger partial charge < -0.3 is 5.53 Å². The topological polar surface area (TPSA) is 25.3 Å². The van der Waals surface area contributed by atoms with Crippen LogP contribution in [-0.2, 0) is 42.2 Å². The van der Waals surface area contributed by atoms with E-state index in [0.29, 0.717) is 0 Å². The quantitative estimate of drug-likeness (QED) is 0.0748. The van der Waals surface area contributed by atoms with Crippen LogP contribution in [0.3, 0.4) is 0 Å². The van der Waals surface area contributed by atoms with Crippen molar-refractivity contribution in [3.63, 3.8) is 0 Å². The first-order valence-electron chi connectivity index (χ1n) is 17.7. The van der Waals surface area contributed by atoms with Gasteiger partial charge in [-0.3, -0.25) is 0 Å². The van der Waals surface area contributed by atoms with Crippen molar-refractivity contribution in [3.8, 4) is 0 Å². The molecule has 0 radical (unpaired) electrons. The van der Waals surface area contributed by atoms with E-state index in [2.05, 4.69) is 77.1 Å². The number of rotatable bonds is 21. The largest absolute Gasteiger partial charge is 0.493 e. The van der Waals surface area contributed by atoms with E-state index in [1.807, 2.05) is 0 Å². The number of nitrogens with zero attached hydrogens (tertiary/aromatic N) is 2. The molecule has 0 spiro atoms. The molecule has 43 heavy (non-hydrogen) atoms. The molecule has 1 aliphatic heterocycles. The van der Waals surface area contributed by atoms with Crippen LogP contribution < -0.4 is 0 Å². The first kappa shape index (κ1) is 37.2. The van der Waals surface area contributed by atoms with Crippen molar-refractivity contribution in [2.24, 2.45) is 0 Å². The molecule has 0 aromatic heterocycles. The molecular formula is C40H60N2Ni. The third-order valence-electron chi connectivity index (χ3n) is 8.81. The second-order valence-electron chi connectivity index (χ2n) is 12.7. The Morgan fingerprint density at radius 3 is 1.21 bits per heavy atom. The SMILES string of the molecule is CCCCCc1cc(CCCCC)cc(C2=CC(CCCC)=C(c3cc(CCCCC)cc(CCCCC)c3)[N+]2=[N-])c1.[Ni]. The Labute approximate surface area is 275 Å². The normalized spacial score (nSPS) is 13.0. The van der Waals surface area contributed by atoms with Gasteiger partial charge in [-0.05, 0) is 111 Å². The molecule has 0 saturated heterocycles. The number of aryl methyl sites for hydroxylation is 4. The summed E-state index contributed by atoms with van der Waals surface area (Å²) in [5.41, 5.74) is 23.2. The second-order valence-corrected chi connectivity index (χ2v) is 12.7. The maximum atomic E-state index is 12.0. The molecule has 0 fully saturated rings. The standard InChI is InChI=1S/C40H60N2.Ni/c1-6-11-16-20-32-25-33(21-17-12-7-2)28-37(27-32)39-31-36(24-15-10-5)40(42(39)41)38-29-34(22-18-13-8-3)26-35(30-38)23-19-14-9-4;/h25-31H,6-24H2,1-5H3;. The predicted octanol–water partition coefficient (Wildman–Crippen LogP) is 12.6. The van der Waals surface area contributed by atoms with Crippen LogP contribution in [0.25, 0.3) is 16.9 Å². The van der Waals surface area contributed by atoms with Crippen molar-refractivity contribution in [2.75, 3.05) is 0 Å². The summed E-state index contributed by atoms with van der Waals surface area (Å²) in [5, 5.41) is 0. The first-order chi connectivity index (χ1) is 20.5. The van der Waals surface area contributed by atoms with Gasteiger partial charge in [-0.1, -0.05) is 105 Å². The number of benzene rings is 2. The molecule has 3 heteroatoms. The Bertz CT molecular complexity index is 1130. The summed E-state index contributed by atoms with van der Waals surface area (Å²) in [6.07, 6.45) is 25.0. The Kier molecular flexibility index (Phi) is 18.1. The second kappa shape index (κ2) is 20.9. The van der Waals surface area contributed by atoms with E-state index in [4.69, 9.17) is 0 Å². The maximum absolute atomic E-state index is 12.0. The Morgan fingerprint density at radius 1 is 0.465 bits per heavy atom. The van der Waals surface area contributed by atoms with Gasteiger partial charge in [0.15, 0.2) is 0 Å². The third-order valence-corrected chi connectivity index (χ3v) is 8.81. The van der Waals surface area contributed by atoms with Crippen molar-refractivity contribution in [1.82, 2.24) is 0 Å². The Hall–Kier alpha value is -1.99. The molecule has 0 amide bonds. The van der Waals surface area contributed by atoms with Gasteiger partial charge in [0.25, 0.3) is 0 Å². The average Bonchev–Trinajstić information content (AvgIpc) is 3.32. The predicted molar refractivity (Wildman–Crippen MR) is 184 cm³/mol. The summed E-state index contributed by atoms with van der Waals surface area (Å²) in [5.74, 6) is 0. The van der Waals surface area contributed by atoms with Crippen LogP contribution in [0.4, 0.5) is 0 Å². The molecule has 2 aromatic carbocycles. The molecule has 0 unspecified atom stereocenters. The van der Waals surface area contributed by atoms with Crippen LogP contribution in [0.2, 0.25) is 0 Å². The van der Waals surface area contributed by atoms with Crippen LogP contribution in [0.1, 0.15) is 164 Å². The van der Waals surface area contributed by atoms with E-state index >= 15 is 0 Å². The van der Waals surface area contributed by atoms with Crippen LogP contribution in [0, 0.1) is 0 Å². The molecule has 1 heterocycles. The molecule has 0 saturated carbocycles. The van der Waals surface area contributed by atoms with E-state index in [0.717, 1.165) is 56.3 Å². The fourth-order valence-electron chi connectivity index (χ4n) is 6.33. The van der Waals surface area contributed by atoms with Gasteiger partial charge in [0.1, 0.15) is 0 Å². The number of hydrogen-bond donors (Lipinski definition) is 0. The smallest absolute Gasteiger partial charge is 0.210 e. The van der Waals surface area contributed by atoms with Crippen LogP contribution >= 0.6 is 0 Å². The van der Waals surface area contributed by atoms with Crippen LogP contribution in [-0.4, -0.2) is 4.70 Å². The zero-order valence-corrected chi connectivity index (χ0v) is 29.2. The summed E-state index contributed by atoms with van der Waals surface area (Å²) < 4.78 is 1.55. The molecule has 2 nitrogen and oxygen atoms in total. The number of allylic oxidation sites excluding steroid dienone is 2. The maximum Gasteiger partial charge on any atom is 0.210 e. The van der Waals surface area contributed by atoms with Crippen LogP contribution in [0.5, 0.6) is 0 Å². The van der Waals surface area contributed by atoms with Crippen molar-refractivity contribution < 1.29 is 21.2 Å². The van der Waals surface area contributed by atoms with Gasteiger partial charge in [-0.15, -0.1) is 0 Å². The van der Waals surface area contributed by atoms with Gasteiger partial charge in [0.05, 0.1) is 0 Å². The fourth-order valence-corrected chi connectivity index (χ4v) is 6.33. The zero-order chi connectivity index (χ0) is 30.2. The molecule has 0 bridgehead atoms. The minimum absolute atomic E-state index is 0. The molecule has 1 aliphatic rings. The van der Waals surface area contributed by atoms with Gasteiger partial charge in [0.2, 0.25) is 11.4 Å². The molecule has 3 rings (SSSR count). The van der Waals surface area contributed by atoms with E-state index < -0.39 is 0 Å². The molecule has 240 valence electrons.